The molecule has 1 aromatic rings. The van der Waals surface area contributed by atoms with Crippen molar-refractivity contribution < 1.29 is 14.4 Å². The van der Waals surface area contributed by atoms with Gasteiger partial charge >= 0.3 is 5.97 Å². The van der Waals surface area contributed by atoms with Gasteiger partial charge in [0.1, 0.15) is 0 Å². The average Bonchev–Trinajstić information content (AvgIpc) is 2.56. The molecular weight excluding hydrogens is 262 g/mol. The minimum Gasteiger partial charge on any atom is -0.477 e. The van der Waals surface area contributed by atoms with Crippen molar-refractivity contribution in [3.05, 3.63) is 11.9 Å². The maximum atomic E-state index is 11.3. The third-order valence-corrected chi connectivity index (χ3v) is 3.65. The van der Waals surface area contributed by atoms with Gasteiger partial charge in [-0.3, -0.25) is 0 Å². The number of quaternary nitrogens is 1. The lowest BCUT2D eigenvalue weighted by Crippen LogP contribution is -2.51. The van der Waals surface area contributed by atoms with Crippen molar-refractivity contribution in [1.29, 1.82) is 0 Å². The number of thioether (sulfide) groups is 1. The first kappa shape index (κ1) is 16.0. The maximum Gasteiger partial charge on any atom is 0.362 e. The van der Waals surface area contributed by atoms with Crippen LogP contribution in [0.4, 0.5) is 0 Å². The molecular formula is C13H24N3O2S+. The molecule has 0 saturated carbocycles. The molecule has 0 aromatic carbocycles. The van der Waals surface area contributed by atoms with Crippen LogP contribution in [0.5, 0.6) is 0 Å². The summed E-state index contributed by atoms with van der Waals surface area (Å²) in [6.45, 7) is 6.35. The van der Waals surface area contributed by atoms with E-state index in [1.165, 1.54) is 0 Å². The number of aromatic amines is 1. The van der Waals surface area contributed by atoms with E-state index < -0.39 is 12.0 Å². The molecule has 0 saturated heterocycles. The van der Waals surface area contributed by atoms with Crippen molar-refractivity contribution in [2.45, 2.75) is 43.1 Å². The van der Waals surface area contributed by atoms with E-state index >= 15 is 0 Å². The van der Waals surface area contributed by atoms with Gasteiger partial charge in [-0.05, 0) is 0 Å². The molecule has 0 bridgehead atoms. The summed E-state index contributed by atoms with van der Waals surface area (Å²) in [7, 11) is 5.67. The smallest absolute Gasteiger partial charge is 0.362 e. The summed E-state index contributed by atoms with van der Waals surface area (Å²) in [4.78, 5) is 18.8. The van der Waals surface area contributed by atoms with Crippen molar-refractivity contribution >= 4 is 17.7 Å². The number of hydrogen-bond donors (Lipinski definition) is 2. The number of hydrogen-bond acceptors (Lipinski definition) is 3. The zero-order valence-electron chi connectivity index (χ0n) is 12.5. The van der Waals surface area contributed by atoms with Gasteiger partial charge in [-0.25, -0.2) is 9.78 Å². The Bertz CT molecular complexity index is 443. The first-order valence-electron chi connectivity index (χ1n) is 6.26. The van der Waals surface area contributed by atoms with Crippen LogP contribution < -0.4 is 0 Å². The van der Waals surface area contributed by atoms with Crippen LogP contribution in [-0.2, 0) is 11.2 Å². The van der Waals surface area contributed by atoms with Gasteiger partial charge in [-0.1, -0.05) is 32.5 Å². The number of H-pyrrole nitrogens is 1. The number of nitrogens with one attached hydrogen (secondary N) is 1. The molecule has 5 nitrogen and oxygen atoms in total. The fourth-order valence-corrected chi connectivity index (χ4v) is 2.55. The minimum absolute atomic E-state index is 0.0847. The Balaban J connectivity index is 2.80. The Labute approximate surface area is 119 Å². The van der Waals surface area contributed by atoms with E-state index in [-0.39, 0.29) is 4.75 Å². The molecule has 0 radical (unpaired) electrons. The van der Waals surface area contributed by atoms with Gasteiger partial charge in [-0.15, -0.1) is 0 Å². The molecule has 1 atom stereocenters. The highest BCUT2D eigenvalue weighted by Gasteiger charge is 2.32. The van der Waals surface area contributed by atoms with Crippen LogP contribution in [-0.4, -0.2) is 57.5 Å². The quantitative estimate of drug-likeness (QED) is 0.642. The standard InChI is InChI=1S/C13H23N3O2S/c1-13(2,3)19-12-14-8-9(15-12)7-10(11(17)18)16(4,5)6/h8,10H,7H2,1-6H3,(H-,14,15,17,18)/p+1/t10-/m0/s1. The molecule has 6 heteroatoms. The monoisotopic (exact) mass is 286 g/mol. The third kappa shape index (κ3) is 5.24. The first-order chi connectivity index (χ1) is 8.49. The van der Waals surface area contributed by atoms with Crippen molar-refractivity contribution in [2.75, 3.05) is 21.1 Å². The maximum absolute atomic E-state index is 11.3. The molecule has 0 spiro atoms. The number of aliphatic carboxylic acids is 1. The van der Waals surface area contributed by atoms with Gasteiger partial charge in [0, 0.05) is 16.6 Å². The average molecular weight is 286 g/mol. The molecule has 0 fully saturated rings. The molecule has 108 valence electrons. The Morgan fingerprint density at radius 1 is 1.47 bits per heavy atom. The lowest BCUT2D eigenvalue weighted by Gasteiger charge is -2.30. The van der Waals surface area contributed by atoms with Crippen LogP contribution in [0, 0.1) is 0 Å². The summed E-state index contributed by atoms with van der Waals surface area (Å²) in [5.41, 5.74) is 0.868. The molecule has 19 heavy (non-hydrogen) atoms. The summed E-state index contributed by atoms with van der Waals surface area (Å²) in [5, 5.41) is 10.1. The molecule has 0 aliphatic carbocycles. The van der Waals surface area contributed by atoms with Crippen molar-refractivity contribution in [3.8, 4) is 0 Å². The van der Waals surface area contributed by atoms with Crippen LogP contribution in [0.3, 0.4) is 0 Å². The van der Waals surface area contributed by atoms with Crippen LogP contribution in [0.25, 0.3) is 0 Å². The van der Waals surface area contributed by atoms with E-state index in [2.05, 4.69) is 30.7 Å². The zero-order chi connectivity index (χ0) is 14.8. The predicted octanol–water partition coefficient (Wildman–Crippen LogP) is 2.00. The summed E-state index contributed by atoms with van der Waals surface area (Å²) in [6.07, 6.45) is 2.19. The number of rotatable bonds is 5. The van der Waals surface area contributed by atoms with Crippen LogP contribution in [0.2, 0.25) is 0 Å². The van der Waals surface area contributed by atoms with Gasteiger partial charge in [0.2, 0.25) is 0 Å². The fourth-order valence-electron chi connectivity index (χ4n) is 1.68. The summed E-state index contributed by atoms with van der Waals surface area (Å²) in [5.74, 6) is -0.785. The number of likely N-dealkylation sites (N-methyl/N-ethyl adjacent to an activating group) is 1. The second kappa shape index (κ2) is 5.54. The van der Waals surface area contributed by atoms with Gasteiger partial charge in [0.15, 0.2) is 11.2 Å². The Morgan fingerprint density at radius 3 is 2.47 bits per heavy atom. The molecule has 0 aliphatic heterocycles. The van der Waals surface area contributed by atoms with Gasteiger partial charge in [-0.2, -0.15) is 0 Å². The van der Waals surface area contributed by atoms with Gasteiger partial charge in [0.25, 0.3) is 0 Å². The SMILES string of the molecule is CC(C)(C)Sc1ncc(C[C@@H](C(=O)O)[N+](C)(C)C)[nH]1. The Kier molecular flexibility index (Phi) is 4.68. The highest BCUT2D eigenvalue weighted by molar-refractivity contribution is 8.00. The van der Waals surface area contributed by atoms with E-state index in [0.717, 1.165) is 10.9 Å². The number of aromatic nitrogens is 2. The van der Waals surface area contributed by atoms with Crippen molar-refractivity contribution in [1.82, 2.24) is 9.97 Å². The molecule has 1 rings (SSSR count). The summed E-state index contributed by atoms with van der Waals surface area (Å²) >= 11 is 1.65. The molecule has 0 amide bonds. The topological polar surface area (TPSA) is 66.0 Å². The van der Waals surface area contributed by atoms with Crippen molar-refractivity contribution in [3.63, 3.8) is 0 Å². The number of nitrogens with zero attached hydrogens (tertiary/aromatic N) is 2. The van der Waals surface area contributed by atoms with E-state index in [4.69, 9.17) is 0 Å². The minimum atomic E-state index is -0.785. The molecule has 1 heterocycles. The van der Waals surface area contributed by atoms with Gasteiger partial charge < -0.3 is 14.6 Å². The lowest BCUT2D eigenvalue weighted by atomic mass is 10.1. The molecule has 1 aromatic heterocycles. The molecule has 0 aliphatic rings. The van der Waals surface area contributed by atoms with Crippen molar-refractivity contribution in [2.24, 2.45) is 0 Å². The Morgan fingerprint density at radius 2 is 2.05 bits per heavy atom. The normalized spacial score (nSPS) is 14.4. The summed E-state index contributed by atoms with van der Waals surface area (Å²) in [6, 6.07) is -0.479. The summed E-state index contributed by atoms with van der Waals surface area (Å²) < 4.78 is 0.470. The highest BCUT2D eigenvalue weighted by Crippen LogP contribution is 2.29. The second-order valence-electron chi connectivity index (χ2n) is 6.60. The first-order valence-corrected chi connectivity index (χ1v) is 7.07. The largest absolute Gasteiger partial charge is 0.477 e. The van der Waals surface area contributed by atoms with Crippen LogP contribution in [0.15, 0.2) is 11.4 Å². The van der Waals surface area contributed by atoms with Crippen LogP contribution in [0.1, 0.15) is 26.5 Å². The number of carboxylic acid groups (broad SMARTS) is 1. The van der Waals surface area contributed by atoms with Crippen LogP contribution >= 0.6 is 11.8 Å². The van der Waals surface area contributed by atoms with E-state index in [1.54, 1.807) is 18.0 Å². The Hall–Kier alpha value is -1.01. The highest BCUT2D eigenvalue weighted by atomic mass is 32.2. The zero-order valence-corrected chi connectivity index (χ0v) is 13.3. The number of carboxylic acids is 1. The second-order valence-corrected chi connectivity index (χ2v) is 8.42. The number of imidazole rings is 1. The predicted molar refractivity (Wildman–Crippen MR) is 77.4 cm³/mol. The van der Waals surface area contributed by atoms with Gasteiger partial charge in [0.05, 0.1) is 27.6 Å². The molecule has 2 N–H and O–H groups in total. The van der Waals surface area contributed by atoms with E-state index in [9.17, 15) is 9.90 Å². The van der Waals surface area contributed by atoms with E-state index in [1.807, 2.05) is 21.1 Å². The third-order valence-electron chi connectivity index (χ3n) is 2.64. The lowest BCUT2D eigenvalue weighted by molar-refractivity contribution is -0.887. The molecule has 0 unspecified atom stereocenters. The van der Waals surface area contributed by atoms with E-state index in [0.29, 0.717) is 10.9 Å². The number of carbonyl (C=O) groups is 1. The fraction of sp³-hybridized carbons (Fsp3) is 0.692.